The molecular weight excluding hydrogens is 284 g/mol. The molecule has 0 amide bonds. The van der Waals surface area contributed by atoms with E-state index in [1.807, 2.05) is 26.8 Å². The second-order valence-corrected chi connectivity index (χ2v) is 6.20. The predicted molar refractivity (Wildman–Crippen MR) is 84.6 cm³/mol. The van der Waals surface area contributed by atoms with E-state index >= 15 is 0 Å². The van der Waals surface area contributed by atoms with Crippen molar-refractivity contribution in [2.24, 2.45) is 5.41 Å². The van der Waals surface area contributed by atoms with Gasteiger partial charge in [0.2, 0.25) is 0 Å². The van der Waals surface area contributed by atoms with Crippen LogP contribution in [0.4, 0.5) is 8.78 Å². The van der Waals surface area contributed by atoms with E-state index in [-0.39, 0.29) is 23.3 Å². The van der Waals surface area contributed by atoms with E-state index in [0.29, 0.717) is 6.54 Å². The van der Waals surface area contributed by atoms with Crippen LogP contribution >= 0.6 is 0 Å². The summed E-state index contributed by atoms with van der Waals surface area (Å²) >= 11 is 0. The number of hydrogen-bond acceptors (Lipinski definition) is 2. The number of benzene rings is 1. The second-order valence-electron chi connectivity index (χ2n) is 6.20. The molecule has 0 atom stereocenters. The molecule has 4 heteroatoms. The van der Waals surface area contributed by atoms with Gasteiger partial charge in [-0.1, -0.05) is 17.9 Å². The van der Waals surface area contributed by atoms with Crippen LogP contribution in [0.1, 0.15) is 31.1 Å². The Bertz CT molecular complexity index is 598. The van der Waals surface area contributed by atoms with Crippen molar-refractivity contribution >= 4 is 5.78 Å². The molecule has 22 heavy (non-hydrogen) atoms. The molecule has 0 bridgehead atoms. The van der Waals surface area contributed by atoms with Crippen LogP contribution in [-0.4, -0.2) is 30.8 Å². The Labute approximate surface area is 130 Å². The zero-order valence-electron chi connectivity index (χ0n) is 13.4. The van der Waals surface area contributed by atoms with Gasteiger partial charge in [-0.25, -0.2) is 8.78 Å². The minimum Gasteiger partial charge on any atom is -0.295 e. The summed E-state index contributed by atoms with van der Waals surface area (Å²) in [5, 5.41) is 0. The molecule has 0 heterocycles. The quantitative estimate of drug-likeness (QED) is 0.611. The van der Waals surface area contributed by atoms with Crippen molar-refractivity contribution in [3.8, 4) is 11.8 Å². The standard InChI is InChI=1S/C18H21F2NO/c1-18(2,3)8-6-5-7-9-21(4)13-17(22)14-10-15(19)12-16(20)11-14/h5,7,10-12H,9,13H2,1-4H3/b7-5+. The number of likely N-dealkylation sites (N-methyl/N-ethyl adjacent to an activating group) is 1. The molecule has 0 saturated heterocycles. The summed E-state index contributed by atoms with van der Waals surface area (Å²) in [5.41, 5.74) is -0.00550. The van der Waals surface area contributed by atoms with Crippen molar-refractivity contribution in [3.05, 3.63) is 47.5 Å². The first-order chi connectivity index (χ1) is 10.2. The highest BCUT2D eigenvalue weighted by atomic mass is 19.1. The van der Waals surface area contributed by atoms with Gasteiger partial charge < -0.3 is 0 Å². The fraction of sp³-hybridized carbons (Fsp3) is 0.389. The fourth-order valence-electron chi connectivity index (χ4n) is 1.67. The summed E-state index contributed by atoms with van der Waals surface area (Å²) in [7, 11) is 1.76. The molecule has 0 aliphatic rings. The molecule has 0 spiro atoms. The number of carbonyl (C=O) groups is 1. The topological polar surface area (TPSA) is 20.3 Å². The maximum Gasteiger partial charge on any atom is 0.177 e. The van der Waals surface area contributed by atoms with Crippen molar-refractivity contribution < 1.29 is 13.6 Å². The molecule has 1 aromatic carbocycles. The third kappa shape index (κ3) is 7.14. The molecule has 0 fully saturated rings. The Kier molecular flexibility index (Phi) is 6.45. The summed E-state index contributed by atoms with van der Waals surface area (Å²) in [6.45, 7) is 6.69. The van der Waals surface area contributed by atoms with Gasteiger partial charge in [0, 0.05) is 23.6 Å². The van der Waals surface area contributed by atoms with E-state index in [9.17, 15) is 13.6 Å². The van der Waals surface area contributed by atoms with Crippen molar-refractivity contribution in [2.75, 3.05) is 20.1 Å². The molecule has 1 aromatic rings. The normalized spacial score (nSPS) is 11.6. The van der Waals surface area contributed by atoms with Gasteiger partial charge in [0.1, 0.15) is 11.6 Å². The summed E-state index contributed by atoms with van der Waals surface area (Å²) in [6.07, 6.45) is 3.59. The van der Waals surface area contributed by atoms with E-state index < -0.39 is 11.6 Å². The monoisotopic (exact) mass is 305 g/mol. The van der Waals surface area contributed by atoms with Crippen LogP contribution < -0.4 is 0 Å². The van der Waals surface area contributed by atoms with Crippen LogP contribution in [0.5, 0.6) is 0 Å². The number of rotatable bonds is 5. The van der Waals surface area contributed by atoms with E-state index in [4.69, 9.17) is 0 Å². The number of carbonyl (C=O) groups excluding carboxylic acids is 1. The highest BCUT2D eigenvalue weighted by Gasteiger charge is 2.11. The number of allylic oxidation sites excluding steroid dienone is 1. The number of nitrogens with zero attached hydrogens (tertiary/aromatic N) is 1. The lowest BCUT2D eigenvalue weighted by Gasteiger charge is -2.13. The first-order valence-corrected chi connectivity index (χ1v) is 7.03. The Morgan fingerprint density at radius 2 is 1.82 bits per heavy atom. The van der Waals surface area contributed by atoms with Crippen LogP contribution in [0.15, 0.2) is 30.4 Å². The van der Waals surface area contributed by atoms with Crippen molar-refractivity contribution in [1.82, 2.24) is 4.90 Å². The summed E-state index contributed by atoms with van der Waals surface area (Å²) in [5.74, 6) is 4.19. The molecule has 2 nitrogen and oxygen atoms in total. The van der Waals surface area contributed by atoms with E-state index in [1.165, 1.54) is 0 Å². The summed E-state index contributed by atoms with van der Waals surface area (Å²) in [4.78, 5) is 13.7. The van der Waals surface area contributed by atoms with Gasteiger partial charge in [-0.15, -0.1) is 0 Å². The molecular formula is C18H21F2NO. The number of hydrogen-bond donors (Lipinski definition) is 0. The SMILES string of the molecule is CN(C/C=C/C#CC(C)(C)C)CC(=O)c1cc(F)cc(F)c1. The van der Waals surface area contributed by atoms with Crippen molar-refractivity contribution in [2.45, 2.75) is 20.8 Å². The van der Waals surface area contributed by atoms with E-state index in [2.05, 4.69) is 11.8 Å². The van der Waals surface area contributed by atoms with Crippen LogP contribution in [0.2, 0.25) is 0 Å². The lowest BCUT2D eigenvalue weighted by Crippen LogP contribution is -2.26. The Hall–Kier alpha value is -1.99. The molecule has 1 rings (SSSR count). The average Bonchev–Trinajstić information content (AvgIpc) is 2.35. The zero-order valence-corrected chi connectivity index (χ0v) is 13.4. The lowest BCUT2D eigenvalue weighted by atomic mass is 9.98. The zero-order chi connectivity index (χ0) is 16.8. The van der Waals surface area contributed by atoms with Gasteiger partial charge in [-0.05, 0) is 46.0 Å². The first kappa shape index (κ1) is 18.1. The van der Waals surface area contributed by atoms with Crippen molar-refractivity contribution in [3.63, 3.8) is 0 Å². The minimum absolute atomic E-state index is 0.0425. The first-order valence-electron chi connectivity index (χ1n) is 7.03. The molecule has 0 unspecified atom stereocenters. The van der Waals surface area contributed by atoms with Gasteiger partial charge in [-0.3, -0.25) is 9.69 Å². The largest absolute Gasteiger partial charge is 0.295 e. The summed E-state index contributed by atoms with van der Waals surface area (Å²) < 4.78 is 26.2. The molecule has 0 aliphatic heterocycles. The molecule has 0 radical (unpaired) electrons. The number of Topliss-reactive ketones (excluding diaryl/α,β-unsaturated/α-hetero) is 1. The Morgan fingerprint density at radius 1 is 1.23 bits per heavy atom. The summed E-state index contributed by atoms with van der Waals surface area (Å²) in [6, 6.07) is 2.84. The van der Waals surface area contributed by atoms with Gasteiger partial charge in [0.05, 0.1) is 6.54 Å². The smallest absolute Gasteiger partial charge is 0.177 e. The molecule has 0 aromatic heterocycles. The Morgan fingerprint density at radius 3 is 2.36 bits per heavy atom. The van der Waals surface area contributed by atoms with E-state index in [0.717, 1.165) is 18.2 Å². The maximum absolute atomic E-state index is 13.1. The number of ketones is 1. The van der Waals surface area contributed by atoms with Crippen molar-refractivity contribution in [1.29, 1.82) is 0 Å². The van der Waals surface area contributed by atoms with E-state index in [1.54, 1.807) is 18.0 Å². The van der Waals surface area contributed by atoms with Gasteiger partial charge in [-0.2, -0.15) is 0 Å². The maximum atomic E-state index is 13.1. The lowest BCUT2D eigenvalue weighted by molar-refractivity contribution is 0.0951. The molecule has 118 valence electrons. The third-order valence-corrected chi connectivity index (χ3v) is 2.66. The van der Waals surface area contributed by atoms with Crippen LogP contribution in [0.25, 0.3) is 0 Å². The Balaban J connectivity index is 2.54. The van der Waals surface area contributed by atoms with Crippen LogP contribution in [-0.2, 0) is 0 Å². The highest BCUT2D eigenvalue weighted by molar-refractivity contribution is 5.97. The van der Waals surface area contributed by atoms with Crippen LogP contribution in [0.3, 0.4) is 0 Å². The minimum atomic E-state index is -0.747. The molecule has 0 saturated carbocycles. The van der Waals surface area contributed by atoms with Crippen LogP contribution in [0, 0.1) is 28.9 Å². The highest BCUT2D eigenvalue weighted by Crippen LogP contribution is 2.10. The second kappa shape index (κ2) is 7.86. The molecule has 0 N–H and O–H groups in total. The van der Waals surface area contributed by atoms with Gasteiger partial charge in [0.25, 0.3) is 0 Å². The third-order valence-electron chi connectivity index (χ3n) is 2.66. The molecule has 0 aliphatic carbocycles. The van der Waals surface area contributed by atoms with Gasteiger partial charge >= 0.3 is 0 Å². The number of halogens is 2. The fourth-order valence-corrected chi connectivity index (χ4v) is 1.67. The predicted octanol–water partition coefficient (Wildman–Crippen LogP) is 3.69. The average molecular weight is 305 g/mol. The van der Waals surface area contributed by atoms with Gasteiger partial charge in [0.15, 0.2) is 5.78 Å².